The van der Waals surface area contributed by atoms with E-state index in [0.717, 1.165) is 0 Å². The standard InChI is InChI=1S/C11H9F5O8S/c12-10(13,14)9(11(15,16)25(19,20)21)24-7(17)4-2-1-3-6(22-2)5(4)8(18)23-3/h2-6,9H,1H2,(H,19,20,21). The predicted octanol–water partition coefficient (Wildman–Crippen LogP) is 0.270. The lowest BCUT2D eigenvalue weighted by Gasteiger charge is -2.28. The van der Waals surface area contributed by atoms with E-state index in [9.17, 15) is 40.0 Å². The zero-order valence-corrected chi connectivity index (χ0v) is 12.6. The van der Waals surface area contributed by atoms with Crippen LogP contribution in [0.1, 0.15) is 6.42 Å². The summed E-state index contributed by atoms with van der Waals surface area (Å²) < 4.78 is 108. The molecule has 0 radical (unpaired) electrons. The molecule has 0 saturated carbocycles. The van der Waals surface area contributed by atoms with E-state index in [0.29, 0.717) is 0 Å². The molecule has 3 heterocycles. The number of esters is 2. The Bertz CT molecular complexity index is 716. The van der Waals surface area contributed by atoms with Gasteiger partial charge < -0.3 is 14.2 Å². The van der Waals surface area contributed by atoms with Gasteiger partial charge in [0.15, 0.2) is 0 Å². The number of alkyl halides is 5. The second-order valence-electron chi connectivity index (χ2n) is 5.80. The van der Waals surface area contributed by atoms with Crippen molar-refractivity contribution in [2.24, 2.45) is 11.8 Å². The fourth-order valence-corrected chi connectivity index (χ4v) is 3.72. The zero-order valence-electron chi connectivity index (χ0n) is 11.8. The number of rotatable bonds is 4. The molecule has 0 aliphatic carbocycles. The Morgan fingerprint density at radius 2 is 1.84 bits per heavy atom. The summed E-state index contributed by atoms with van der Waals surface area (Å²) >= 11 is 0. The van der Waals surface area contributed by atoms with E-state index in [1.54, 1.807) is 0 Å². The van der Waals surface area contributed by atoms with Gasteiger partial charge in [-0.15, -0.1) is 0 Å². The van der Waals surface area contributed by atoms with Crippen molar-refractivity contribution in [3.63, 3.8) is 0 Å². The maximum Gasteiger partial charge on any atom is 0.432 e. The number of hydrogen-bond donors (Lipinski definition) is 1. The second kappa shape index (κ2) is 5.23. The van der Waals surface area contributed by atoms with Crippen molar-refractivity contribution in [1.82, 2.24) is 0 Å². The van der Waals surface area contributed by atoms with Crippen LogP contribution in [0.4, 0.5) is 22.0 Å². The van der Waals surface area contributed by atoms with Gasteiger partial charge in [0, 0.05) is 6.42 Å². The third-order valence-electron chi connectivity index (χ3n) is 4.30. The minimum Gasteiger partial charge on any atom is -0.459 e. The van der Waals surface area contributed by atoms with Gasteiger partial charge in [-0.3, -0.25) is 14.1 Å². The topological polar surface area (TPSA) is 116 Å². The average Bonchev–Trinajstić information content (AvgIpc) is 3.02. The fraction of sp³-hybridized carbons (Fsp3) is 0.818. The average molecular weight is 396 g/mol. The van der Waals surface area contributed by atoms with Crippen LogP contribution in [0.25, 0.3) is 0 Å². The first-order valence-electron chi connectivity index (χ1n) is 6.73. The maximum atomic E-state index is 13.4. The molecular formula is C11H9F5O8S. The molecule has 14 heteroatoms. The predicted molar refractivity (Wildman–Crippen MR) is 62.6 cm³/mol. The molecule has 3 rings (SSSR count). The number of hydrogen-bond acceptors (Lipinski definition) is 7. The van der Waals surface area contributed by atoms with Crippen LogP contribution in [-0.4, -0.2) is 60.8 Å². The van der Waals surface area contributed by atoms with Crippen molar-refractivity contribution in [3.8, 4) is 0 Å². The first-order chi connectivity index (χ1) is 11.2. The van der Waals surface area contributed by atoms with Crippen LogP contribution in [-0.2, 0) is 33.9 Å². The Morgan fingerprint density at radius 3 is 2.36 bits per heavy atom. The fourth-order valence-electron chi connectivity index (χ4n) is 3.27. The summed E-state index contributed by atoms with van der Waals surface area (Å²) in [5, 5.41) is -5.84. The normalized spacial score (nSPS) is 35.6. The van der Waals surface area contributed by atoms with Crippen LogP contribution in [0.3, 0.4) is 0 Å². The molecule has 2 bridgehead atoms. The summed E-state index contributed by atoms with van der Waals surface area (Å²) in [6.45, 7) is 0. The molecule has 6 unspecified atom stereocenters. The monoisotopic (exact) mass is 396 g/mol. The third kappa shape index (κ3) is 2.66. The quantitative estimate of drug-likeness (QED) is 0.409. The van der Waals surface area contributed by atoms with Gasteiger partial charge in [0.2, 0.25) is 0 Å². The molecule has 3 saturated heterocycles. The van der Waals surface area contributed by atoms with E-state index in [1.165, 1.54) is 0 Å². The molecule has 0 spiro atoms. The van der Waals surface area contributed by atoms with Crippen LogP contribution in [0.2, 0.25) is 0 Å². The Morgan fingerprint density at radius 1 is 1.24 bits per heavy atom. The summed E-state index contributed by atoms with van der Waals surface area (Å²) in [4.78, 5) is 23.6. The molecule has 8 nitrogen and oxygen atoms in total. The van der Waals surface area contributed by atoms with E-state index in [4.69, 9.17) is 14.0 Å². The van der Waals surface area contributed by atoms with Crippen molar-refractivity contribution in [2.45, 2.75) is 42.3 Å². The SMILES string of the molecule is O=C(OC(C(F)(F)F)C(F)(F)S(=O)(=O)O)C1C2CC3OC(=O)C1C3O2. The number of carbonyl (C=O) groups excluding carboxylic acids is 2. The Hall–Kier alpha value is -1.54. The lowest BCUT2D eigenvalue weighted by Crippen LogP contribution is -2.53. The van der Waals surface area contributed by atoms with Crippen molar-refractivity contribution in [3.05, 3.63) is 0 Å². The first kappa shape index (κ1) is 18.3. The second-order valence-corrected chi connectivity index (χ2v) is 7.29. The van der Waals surface area contributed by atoms with Crippen molar-refractivity contribution in [2.75, 3.05) is 0 Å². The third-order valence-corrected chi connectivity index (χ3v) is 5.20. The zero-order chi connectivity index (χ0) is 18.9. The highest BCUT2D eigenvalue weighted by Gasteiger charge is 2.69. The Balaban J connectivity index is 1.86. The van der Waals surface area contributed by atoms with Crippen molar-refractivity contribution >= 4 is 22.1 Å². The maximum absolute atomic E-state index is 13.4. The largest absolute Gasteiger partial charge is 0.459 e. The molecular weight excluding hydrogens is 387 g/mol. The van der Waals surface area contributed by atoms with Gasteiger partial charge in [-0.25, -0.2) is 0 Å². The summed E-state index contributed by atoms with van der Waals surface area (Å²) in [6, 6.07) is 0. The van der Waals surface area contributed by atoms with Crippen LogP contribution >= 0.6 is 0 Å². The van der Waals surface area contributed by atoms with E-state index in [-0.39, 0.29) is 6.42 Å². The molecule has 25 heavy (non-hydrogen) atoms. The van der Waals surface area contributed by atoms with E-state index < -0.39 is 69.7 Å². The molecule has 0 amide bonds. The van der Waals surface area contributed by atoms with Gasteiger partial charge in [-0.05, 0) is 0 Å². The molecule has 6 atom stereocenters. The molecule has 142 valence electrons. The lowest BCUT2D eigenvalue weighted by atomic mass is 9.80. The van der Waals surface area contributed by atoms with Crippen LogP contribution in [0, 0.1) is 11.8 Å². The van der Waals surface area contributed by atoms with Crippen molar-refractivity contribution in [1.29, 1.82) is 0 Å². The number of halogens is 5. The first-order valence-corrected chi connectivity index (χ1v) is 8.17. The number of fused-ring (bicyclic) bond motifs is 1. The van der Waals surface area contributed by atoms with Crippen molar-refractivity contribution < 1.29 is 58.7 Å². The minimum absolute atomic E-state index is 0.0297. The van der Waals surface area contributed by atoms with Gasteiger partial charge >= 0.3 is 33.5 Å². The Kier molecular flexibility index (Phi) is 3.82. The molecule has 3 aliphatic rings. The van der Waals surface area contributed by atoms with Gasteiger partial charge in [-0.1, -0.05) is 0 Å². The summed E-state index contributed by atoms with van der Waals surface area (Å²) in [6.07, 6.45) is -13.1. The molecule has 3 aliphatic heterocycles. The molecule has 0 aromatic heterocycles. The van der Waals surface area contributed by atoms with Gasteiger partial charge in [0.25, 0.3) is 6.10 Å². The Labute approximate surface area is 135 Å². The summed E-state index contributed by atoms with van der Waals surface area (Å²) in [5.41, 5.74) is 0. The molecule has 0 aromatic rings. The van der Waals surface area contributed by atoms with E-state index in [1.807, 2.05) is 0 Å². The van der Waals surface area contributed by atoms with Crippen LogP contribution in [0.5, 0.6) is 0 Å². The summed E-state index contributed by atoms with van der Waals surface area (Å²) in [5.74, 6) is -5.79. The molecule has 1 N–H and O–H groups in total. The lowest BCUT2D eigenvalue weighted by molar-refractivity contribution is -0.261. The summed E-state index contributed by atoms with van der Waals surface area (Å²) in [7, 11) is -6.54. The van der Waals surface area contributed by atoms with Gasteiger partial charge in [0.1, 0.15) is 18.1 Å². The molecule has 3 fully saturated rings. The highest BCUT2D eigenvalue weighted by atomic mass is 32.2. The van der Waals surface area contributed by atoms with Gasteiger partial charge in [-0.2, -0.15) is 30.4 Å². The molecule has 0 aromatic carbocycles. The van der Waals surface area contributed by atoms with E-state index in [2.05, 4.69) is 4.74 Å². The number of carbonyl (C=O) groups is 2. The smallest absolute Gasteiger partial charge is 0.432 e. The highest BCUT2D eigenvalue weighted by molar-refractivity contribution is 7.86. The van der Waals surface area contributed by atoms with Crippen LogP contribution < -0.4 is 0 Å². The highest BCUT2D eigenvalue weighted by Crippen LogP contribution is 2.51. The number of ether oxygens (including phenoxy) is 3. The minimum atomic E-state index is -6.54. The van der Waals surface area contributed by atoms with Crippen LogP contribution in [0.15, 0.2) is 0 Å². The van der Waals surface area contributed by atoms with E-state index >= 15 is 0 Å². The van der Waals surface area contributed by atoms with Gasteiger partial charge in [0.05, 0.1) is 12.0 Å².